The van der Waals surface area contributed by atoms with Crippen molar-refractivity contribution in [3.05, 3.63) is 0 Å². The number of hydrogen-bond donors (Lipinski definition) is 2. The quantitative estimate of drug-likeness (QED) is 0.423. The van der Waals surface area contributed by atoms with Crippen LogP contribution in [-0.2, 0) is 9.09 Å². The summed E-state index contributed by atoms with van der Waals surface area (Å²) >= 11 is 0. The smallest absolute Gasteiger partial charge is 0.132 e. The monoisotopic (exact) mass is 170 g/mol. The fourth-order valence-electron chi connectivity index (χ4n) is 0.249. The Labute approximate surface area is 57.9 Å². The summed E-state index contributed by atoms with van der Waals surface area (Å²) in [6.45, 7) is -0.666. The summed E-state index contributed by atoms with van der Waals surface area (Å²) in [5, 5.41) is 8.30. The van der Waals surface area contributed by atoms with Crippen LogP contribution in [0.25, 0.3) is 0 Å². The molecule has 0 saturated carbocycles. The third-order valence-electron chi connectivity index (χ3n) is 0.727. The summed E-state index contributed by atoms with van der Waals surface area (Å²) in [5.41, 5.74) is 3.29. The number of aliphatic hydroxyl groups is 1. The Kier molecular flexibility index (Phi) is 4.04. The van der Waals surface area contributed by atoms with E-state index >= 15 is 0 Å². The van der Waals surface area contributed by atoms with Crippen LogP contribution in [0.1, 0.15) is 0 Å². The van der Waals surface area contributed by atoms with E-state index in [2.05, 4.69) is 10.3 Å². The lowest BCUT2D eigenvalue weighted by Gasteiger charge is -2.28. The van der Waals surface area contributed by atoms with Gasteiger partial charge in [-0.15, -0.1) is 0 Å². The molecule has 0 unspecified atom stereocenters. The minimum atomic E-state index is -4.88. The number of rotatable bonds is 4. The largest absolute Gasteiger partial charge is 0.790 e. The zero-order chi connectivity index (χ0) is 8.20. The molecule has 0 bridgehead atoms. The molecule has 0 heterocycles. The molecule has 0 spiro atoms. The summed E-state index contributed by atoms with van der Waals surface area (Å²) in [7, 11) is -4.88. The first-order chi connectivity index (χ1) is 4.45. The molecule has 0 amide bonds. The predicted molar refractivity (Wildman–Crippen MR) is 27.3 cm³/mol. The van der Waals surface area contributed by atoms with Crippen molar-refractivity contribution in [2.45, 2.75) is 6.04 Å². The molecule has 6 nitrogen and oxygen atoms in total. The van der Waals surface area contributed by atoms with Gasteiger partial charge in [-0.2, -0.15) is 0 Å². The molecular weight excluding hydrogens is 161 g/mol. The third kappa shape index (κ3) is 6.15. The van der Waals surface area contributed by atoms with E-state index < -0.39 is 13.9 Å². The number of hydrogen-bond acceptors (Lipinski definition) is 5. The Morgan fingerprint density at radius 1 is 1.70 bits per heavy atom. The summed E-state index contributed by atoms with van der Waals surface area (Å²) in [5.74, 6) is 0. The highest BCUT2D eigenvalue weighted by Gasteiger charge is 2.03. The highest BCUT2D eigenvalue weighted by atomic mass is 31.2. The van der Waals surface area contributed by atoms with Crippen LogP contribution in [0.15, 0.2) is 0 Å². The van der Waals surface area contributed by atoms with Crippen LogP contribution in [0, 0.1) is 0 Å². The van der Waals surface area contributed by atoms with E-state index in [1.807, 2.05) is 0 Å². The van der Waals surface area contributed by atoms with E-state index in [9.17, 15) is 14.4 Å². The minimum absolute atomic E-state index is 0.306. The molecule has 0 aliphatic rings. The maximum Gasteiger partial charge on any atom is 0.132 e. The van der Waals surface area contributed by atoms with Gasteiger partial charge in [-0.3, -0.25) is 0 Å². The SMILES string of the molecule is [NH3+][C@@H](CO)COP(=O)([O-])[O-]. The van der Waals surface area contributed by atoms with Gasteiger partial charge in [-0.1, -0.05) is 0 Å². The van der Waals surface area contributed by atoms with Gasteiger partial charge >= 0.3 is 0 Å². The fraction of sp³-hybridized carbons (Fsp3) is 1.00. The number of phosphoric ester groups is 1. The second-order valence-electron chi connectivity index (χ2n) is 1.79. The van der Waals surface area contributed by atoms with Gasteiger partial charge in [0, 0.05) is 0 Å². The average molecular weight is 170 g/mol. The van der Waals surface area contributed by atoms with E-state index in [1.54, 1.807) is 0 Å². The fourth-order valence-corrected chi connectivity index (χ4v) is 0.643. The molecule has 4 N–H and O–H groups in total. The first-order valence-corrected chi connectivity index (χ1v) is 4.02. The van der Waals surface area contributed by atoms with Crippen molar-refractivity contribution in [1.82, 2.24) is 0 Å². The van der Waals surface area contributed by atoms with Crippen molar-refractivity contribution in [3.63, 3.8) is 0 Å². The molecule has 0 saturated heterocycles. The highest BCUT2D eigenvalue weighted by molar-refractivity contribution is 7.43. The molecule has 0 aromatic rings. The second kappa shape index (κ2) is 4.02. The van der Waals surface area contributed by atoms with Gasteiger partial charge in [0.05, 0.1) is 14.4 Å². The molecular formula is C3H9NO5P-. The van der Waals surface area contributed by atoms with Gasteiger partial charge in [-0.25, -0.2) is 0 Å². The zero-order valence-corrected chi connectivity index (χ0v) is 6.12. The van der Waals surface area contributed by atoms with Crippen LogP contribution in [0.3, 0.4) is 0 Å². The number of quaternary nitrogens is 1. The average Bonchev–Trinajstić information content (AvgIpc) is 1.81. The van der Waals surface area contributed by atoms with Gasteiger partial charge in [0.2, 0.25) is 0 Å². The molecule has 0 radical (unpaired) electrons. The van der Waals surface area contributed by atoms with Crippen LogP contribution in [0.2, 0.25) is 0 Å². The van der Waals surface area contributed by atoms with Crippen molar-refractivity contribution in [3.8, 4) is 0 Å². The van der Waals surface area contributed by atoms with Gasteiger partial charge < -0.3 is 29.7 Å². The van der Waals surface area contributed by atoms with Gasteiger partial charge in [0.15, 0.2) is 0 Å². The summed E-state index contributed by atoms with van der Waals surface area (Å²) in [6.07, 6.45) is 0. The van der Waals surface area contributed by atoms with E-state index in [-0.39, 0.29) is 13.2 Å². The normalized spacial score (nSPS) is 15.2. The molecule has 0 aromatic carbocycles. The lowest BCUT2D eigenvalue weighted by atomic mass is 10.4. The van der Waals surface area contributed by atoms with Crippen LogP contribution in [-0.4, -0.2) is 24.4 Å². The lowest BCUT2D eigenvalue weighted by molar-refractivity contribution is -0.434. The molecule has 0 aliphatic carbocycles. The third-order valence-corrected chi connectivity index (χ3v) is 1.19. The van der Waals surface area contributed by atoms with Crippen molar-refractivity contribution < 1.29 is 29.7 Å². The molecule has 0 aliphatic heterocycles. The number of aliphatic hydroxyl groups excluding tert-OH is 1. The first-order valence-electron chi connectivity index (χ1n) is 2.56. The number of phosphoric acid groups is 1. The molecule has 10 heavy (non-hydrogen) atoms. The Morgan fingerprint density at radius 3 is 2.50 bits per heavy atom. The van der Waals surface area contributed by atoms with Gasteiger partial charge in [-0.05, 0) is 0 Å². The zero-order valence-electron chi connectivity index (χ0n) is 5.23. The maximum atomic E-state index is 9.79. The Hall–Kier alpha value is 0.0300. The maximum absolute atomic E-state index is 9.79. The van der Waals surface area contributed by atoms with Crippen molar-refractivity contribution in [2.75, 3.05) is 13.2 Å². The standard InChI is InChI=1S/C3H10NO5P/c4-3(1-5)2-9-10(6,7)8/h3,5H,1-2,4H2,(H2,6,7,8)/p-1/t3-/m0/s1. The van der Waals surface area contributed by atoms with Crippen LogP contribution < -0.4 is 15.5 Å². The predicted octanol–water partition coefficient (Wildman–Crippen LogP) is -3.57. The van der Waals surface area contributed by atoms with E-state index in [1.165, 1.54) is 0 Å². The molecule has 62 valence electrons. The Morgan fingerprint density at radius 2 is 2.20 bits per heavy atom. The summed E-state index contributed by atoms with van der Waals surface area (Å²) in [6, 6.07) is -0.573. The van der Waals surface area contributed by atoms with E-state index in [4.69, 9.17) is 5.11 Å². The minimum Gasteiger partial charge on any atom is -0.790 e. The molecule has 1 atom stereocenters. The highest BCUT2D eigenvalue weighted by Crippen LogP contribution is 2.23. The van der Waals surface area contributed by atoms with Gasteiger partial charge in [0.1, 0.15) is 12.6 Å². The summed E-state index contributed by atoms with van der Waals surface area (Å²) < 4.78 is 13.6. The van der Waals surface area contributed by atoms with Crippen LogP contribution in [0.5, 0.6) is 0 Å². The van der Waals surface area contributed by atoms with Gasteiger partial charge in [0.25, 0.3) is 0 Å². The van der Waals surface area contributed by atoms with E-state index in [0.717, 1.165) is 0 Å². The lowest BCUT2D eigenvalue weighted by Crippen LogP contribution is -2.65. The molecule has 0 rings (SSSR count). The topological polar surface area (TPSA) is 120 Å². The Bertz CT molecular complexity index is 133. The Balaban J connectivity index is 3.46. The van der Waals surface area contributed by atoms with Crippen molar-refractivity contribution in [2.24, 2.45) is 0 Å². The van der Waals surface area contributed by atoms with Crippen molar-refractivity contribution in [1.29, 1.82) is 0 Å². The van der Waals surface area contributed by atoms with Crippen molar-refractivity contribution >= 4 is 7.82 Å². The summed E-state index contributed by atoms with van der Waals surface area (Å²) in [4.78, 5) is 19.6. The van der Waals surface area contributed by atoms with Crippen LogP contribution >= 0.6 is 7.82 Å². The van der Waals surface area contributed by atoms with E-state index in [0.29, 0.717) is 0 Å². The first kappa shape index (κ1) is 10.0. The molecule has 7 heteroatoms. The van der Waals surface area contributed by atoms with Crippen LogP contribution in [0.4, 0.5) is 0 Å². The molecule has 0 aromatic heterocycles. The second-order valence-corrected chi connectivity index (χ2v) is 2.94. The molecule has 0 fully saturated rings.